The van der Waals surface area contributed by atoms with Crippen LogP contribution in [-0.2, 0) is 6.54 Å². The Morgan fingerprint density at radius 3 is 2.39 bits per heavy atom. The first-order valence-electron chi connectivity index (χ1n) is 12.6. The lowest BCUT2D eigenvalue weighted by Gasteiger charge is -2.32. The first-order chi connectivity index (χ1) is 17.6. The van der Waals surface area contributed by atoms with E-state index in [9.17, 15) is 4.79 Å². The number of benzene rings is 2. The number of amides is 2. The summed E-state index contributed by atoms with van der Waals surface area (Å²) in [5, 5.41) is 4.11. The number of anilines is 1. The van der Waals surface area contributed by atoms with Crippen LogP contribution in [0.5, 0.6) is 11.5 Å². The summed E-state index contributed by atoms with van der Waals surface area (Å²) in [5.41, 5.74) is 2.82. The standard InChI is InChI=1S/C29H35N3O2S2/c1-21-18-26(35-2)27(28(30-21)36-3)31-29(33)32(23-13-7-4-5-8-14-23)20-22-12-11-17-25(19-22)34-24-15-9-6-10-16-24/h6,9-12,15-19,23H,4-5,7-8,13-14,20H2,1-3H3,(H,31,33). The maximum Gasteiger partial charge on any atom is 0.322 e. The number of hydrogen-bond donors (Lipinski definition) is 1. The molecular formula is C29H35N3O2S2. The van der Waals surface area contributed by atoms with Gasteiger partial charge in [0.05, 0.1) is 5.69 Å². The molecule has 0 bridgehead atoms. The highest BCUT2D eigenvalue weighted by molar-refractivity contribution is 7.99. The normalized spacial score (nSPS) is 14.2. The molecule has 190 valence electrons. The molecule has 0 aliphatic heterocycles. The molecule has 4 rings (SSSR count). The minimum atomic E-state index is -0.0625. The van der Waals surface area contributed by atoms with Crippen LogP contribution >= 0.6 is 23.5 Å². The van der Waals surface area contributed by atoms with Gasteiger partial charge in [-0.2, -0.15) is 0 Å². The Balaban J connectivity index is 1.59. The predicted molar refractivity (Wildman–Crippen MR) is 152 cm³/mol. The van der Waals surface area contributed by atoms with Crippen molar-refractivity contribution in [3.05, 3.63) is 71.9 Å². The van der Waals surface area contributed by atoms with Gasteiger partial charge in [0.15, 0.2) is 0 Å². The number of pyridine rings is 1. The zero-order valence-electron chi connectivity index (χ0n) is 21.3. The molecule has 1 aliphatic rings. The van der Waals surface area contributed by atoms with Crippen molar-refractivity contribution in [2.24, 2.45) is 0 Å². The van der Waals surface area contributed by atoms with E-state index in [-0.39, 0.29) is 12.1 Å². The summed E-state index contributed by atoms with van der Waals surface area (Å²) >= 11 is 3.20. The highest BCUT2D eigenvalue weighted by atomic mass is 32.2. The lowest BCUT2D eigenvalue weighted by atomic mass is 10.1. The number of para-hydroxylation sites is 1. The van der Waals surface area contributed by atoms with E-state index in [2.05, 4.69) is 16.4 Å². The number of nitrogens with one attached hydrogen (secondary N) is 1. The average molecular weight is 522 g/mol. The molecule has 2 aromatic carbocycles. The third-order valence-electron chi connectivity index (χ3n) is 6.48. The van der Waals surface area contributed by atoms with E-state index >= 15 is 0 Å². The van der Waals surface area contributed by atoms with E-state index < -0.39 is 0 Å². The summed E-state index contributed by atoms with van der Waals surface area (Å²) < 4.78 is 6.06. The van der Waals surface area contributed by atoms with Gasteiger partial charge in [-0.3, -0.25) is 0 Å². The predicted octanol–water partition coefficient (Wildman–Crippen LogP) is 8.38. The minimum Gasteiger partial charge on any atom is -0.457 e. The maximum absolute atomic E-state index is 13.9. The second-order valence-corrected chi connectivity index (χ2v) is 10.8. The van der Waals surface area contributed by atoms with Crippen molar-refractivity contribution in [3.63, 3.8) is 0 Å². The van der Waals surface area contributed by atoms with Gasteiger partial charge in [-0.25, -0.2) is 9.78 Å². The molecule has 1 N–H and O–H groups in total. The van der Waals surface area contributed by atoms with Gasteiger partial charge in [-0.1, -0.05) is 56.0 Å². The highest BCUT2D eigenvalue weighted by Gasteiger charge is 2.26. The molecule has 7 heteroatoms. The third kappa shape index (κ3) is 6.98. The number of carbonyl (C=O) groups is 1. The van der Waals surface area contributed by atoms with E-state index in [4.69, 9.17) is 4.74 Å². The van der Waals surface area contributed by atoms with Crippen molar-refractivity contribution in [1.82, 2.24) is 9.88 Å². The lowest BCUT2D eigenvalue weighted by molar-refractivity contribution is 0.175. The Hall–Kier alpha value is -2.64. The van der Waals surface area contributed by atoms with Crippen molar-refractivity contribution in [3.8, 4) is 11.5 Å². The third-order valence-corrected chi connectivity index (χ3v) is 7.92. The van der Waals surface area contributed by atoms with Crippen molar-refractivity contribution in [2.45, 2.75) is 68.0 Å². The molecule has 5 nitrogen and oxygen atoms in total. The van der Waals surface area contributed by atoms with Crippen LogP contribution in [0, 0.1) is 6.92 Å². The van der Waals surface area contributed by atoms with Crippen molar-refractivity contribution in [1.29, 1.82) is 0 Å². The van der Waals surface area contributed by atoms with Gasteiger partial charge in [0, 0.05) is 23.2 Å². The zero-order valence-corrected chi connectivity index (χ0v) is 23.0. The van der Waals surface area contributed by atoms with Crippen molar-refractivity contribution < 1.29 is 9.53 Å². The SMILES string of the molecule is CSc1cc(C)nc(SC)c1NC(=O)N(Cc1cccc(Oc2ccccc2)c1)C1CCCCCC1. The summed E-state index contributed by atoms with van der Waals surface area (Å²) in [7, 11) is 0. The molecule has 0 saturated heterocycles. The van der Waals surface area contributed by atoms with E-state index in [0.29, 0.717) is 6.54 Å². The van der Waals surface area contributed by atoms with Gasteiger partial charge in [0.2, 0.25) is 0 Å². The van der Waals surface area contributed by atoms with Gasteiger partial charge in [-0.15, -0.1) is 23.5 Å². The van der Waals surface area contributed by atoms with Crippen LogP contribution in [0.4, 0.5) is 10.5 Å². The molecular weight excluding hydrogens is 486 g/mol. The summed E-state index contributed by atoms with van der Waals surface area (Å²) in [6.07, 6.45) is 10.9. The van der Waals surface area contributed by atoms with Gasteiger partial charge < -0.3 is 15.0 Å². The molecule has 0 spiro atoms. The number of ether oxygens (including phenoxy) is 1. The highest BCUT2D eigenvalue weighted by Crippen LogP contribution is 2.35. The number of carbonyl (C=O) groups excluding carboxylic acids is 1. The molecule has 3 aromatic rings. The summed E-state index contributed by atoms with van der Waals surface area (Å²) in [6, 6.07) is 20.0. The van der Waals surface area contributed by atoms with Crippen LogP contribution in [0.1, 0.15) is 49.8 Å². The number of nitrogens with zero attached hydrogens (tertiary/aromatic N) is 2. The van der Waals surface area contributed by atoms with Crippen LogP contribution in [0.3, 0.4) is 0 Å². The Labute approximate surface area is 223 Å². The fourth-order valence-corrected chi connectivity index (χ4v) is 5.99. The quantitative estimate of drug-likeness (QED) is 0.238. The Bertz CT molecular complexity index is 1120. The Morgan fingerprint density at radius 1 is 0.972 bits per heavy atom. The second-order valence-electron chi connectivity index (χ2n) is 9.12. The molecule has 1 aliphatic carbocycles. The molecule has 1 aromatic heterocycles. The number of aromatic nitrogens is 1. The minimum absolute atomic E-state index is 0.0625. The van der Waals surface area contributed by atoms with Gasteiger partial charge in [-0.05, 0) is 68.2 Å². The number of hydrogen-bond acceptors (Lipinski definition) is 5. The molecule has 0 radical (unpaired) electrons. The molecule has 1 fully saturated rings. The summed E-state index contributed by atoms with van der Waals surface area (Å²) in [4.78, 5) is 21.6. The first kappa shape index (κ1) is 26.4. The lowest BCUT2D eigenvalue weighted by Crippen LogP contribution is -2.42. The van der Waals surface area contributed by atoms with E-state index in [1.165, 1.54) is 12.8 Å². The molecule has 0 atom stereocenters. The van der Waals surface area contributed by atoms with Gasteiger partial charge in [0.25, 0.3) is 0 Å². The van der Waals surface area contributed by atoms with Gasteiger partial charge >= 0.3 is 6.03 Å². The van der Waals surface area contributed by atoms with Crippen LogP contribution < -0.4 is 10.1 Å². The molecule has 1 heterocycles. The number of urea groups is 1. The average Bonchev–Trinajstić information content (AvgIpc) is 3.18. The van der Waals surface area contributed by atoms with Crippen LogP contribution in [0.15, 0.2) is 70.6 Å². The second kappa shape index (κ2) is 13.1. The van der Waals surface area contributed by atoms with Gasteiger partial charge in [0.1, 0.15) is 16.5 Å². The maximum atomic E-state index is 13.9. The largest absolute Gasteiger partial charge is 0.457 e. The van der Waals surface area contributed by atoms with E-state index in [0.717, 1.165) is 64.0 Å². The van der Waals surface area contributed by atoms with Crippen LogP contribution in [-0.4, -0.2) is 34.5 Å². The monoisotopic (exact) mass is 521 g/mol. The number of rotatable bonds is 8. The van der Waals surface area contributed by atoms with E-state index in [1.807, 2.05) is 78.9 Å². The summed E-state index contributed by atoms with van der Waals surface area (Å²) in [5.74, 6) is 1.58. The van der Waals surface area contributed by atoms with Crippen LogP contribution in [0.25, 0.3) is 0 Å². The molecule has 1 saturated carbocycles. The molecule has 36 heavy (non-hydrogen) atoms. The number of thioether (sulfide) groups is 2. The molecule has 2 amide bonds. The van der Waals surface area contributed by atoms with Crippen LogP contribution in [0.2, 0.25) is 0 Å². The Kier molecular flexibility index (Phi) is 9.59. The van der Waals surface area contributed by atoms with Crippen molar-refractivity contribution in [2.75, 3.05) is 17.8 Å². The smallest absolute Gasteiger partial charge is 0.322 e. The van der Waals surface area contributed by atoms with E-state index in [1.54, 1.807) is 23.5 Å². The Morgan fingerprint density at radius 2 is 1.69 bits per heavy atom. The van der Waals surface area contributed by atoms with Crippen molar-refractivity contribution >= 4 is 35.2 Å². The summed E-state index contributed by atoms with van der Waals surface area (Å²) in [6.45, 7) is 2.53. The number of aryl methyl sites for hydroxylation is 1. The fourth-order valence-electron chi connectivity index (χ4n) is 4.68. The fraction of sp³-hybridized carbons (Fsp3) is 0.379. The molecule has 0 unspecified atom stereocenters. The topological polar surface area (TPSA) is 54.5 Å². The zero-order chi connectivity index (χ0) is 25.3. The first-order valence-corrected chi connectivity index (χ1v) is 15.0.